The number of carbonyl (C=O) groups excluding carboxylic acids is 1. The van der Waals surface area contributed by atoms with Crippen LogP contribution in [0.25, 0.3) is 0 Å². The summed E-state index contributed by atoms with van der Waals surface area (Å²) in [6.07, 6.45) is 0.513. The van der Waals surface area contributed by atoms with E-state index in [9.17, 15) is 10.1 Å². The van der Waals surface area contributed by atoms with E-state index in [4.69, 9.17) is 24.4 Å². The smallest absolute Gasteiger partial charge is 0.258 e. The number of para-hydroxylation sites is 1. The SMILES string of the molecule is N#CC1N(CCC(=S)NCc2ccccc2)C(=S)N(Cc2ccccc2)C12C(=O)Nc1ccccc12. The molecule has 5 rings (SSSR count). The molecule has 1 saturated heterocycles. The van der Waals surface area contributed by atoms with Gasteiger partial charge >= 0.3 is 0 Å². The van der Waals surface area contributed by atoms with Crippen LogP contribution in [0.1, 0.15) is 23.1 Å². The number of hydrogen-bond acceptors (Lipinski definition) is 4. The Bertz CT molecular complexity index is 1340. The largest absolute Gasteiger partial charge is 0.376 e. The van der Waals surface area contributed by atoms with E-state index in [-0.39, 0.29) is 5.91 Å². The third-order valence-electron chi connectivity index (χ3n) is 6.76. The van der Waals surface area contributed by atoms with Crippen LogP contribution in [0.2, 0.25) is 0 Å². The topological polar surface area (TPSA) is 71.4 Å². The molecule has 1 spiro atoms. The van der Waals surface area contributed by atoms with Gasteiger partial charge in [-0.25, -0.2) is 0 Å². The number of benzene rings is 3. The summed E-state index contributed by atoms with van der Waals surface area (Å²) in [5.41, 5.74) is 2.39. The van der Waals surface area contributed by atoms with Crippen LogP contribution in [0.4, 0.5) is 5.69 Å². The van der Waals surface area contributed by atoms with Gasteiger partial charge in [-0.1, -0.05) is 91.1 Å². The normalized spacial score (nSPS) is 20.2. The number of hydrogen-bond donors (Lipinski definition) is 2. The lowest BCUT2D eigenvalue weighted by Gasteiger charge is -2.34. The fourth-order valence-electron chi connectivity index (χ4n) is 5.05. The number of nitrogens with zero attached hydrogens (tertiary/aromatic N) is 3. The van der Waals surface area contributed by atoms with Crippen molar-refractivity contribution in [1.29, 1.82) is 5.26 Å². The molecule has 2 aliphatic heterocycles. The molecule has 2 heterocycles. The van der Waals surface area contributed by atoms with Crippen LogP contribution in [-0.4, -0.2) is 38.4 Å². The molecule has 0 saturated carbocycles. The minimum atomic E-state index is -1.24. The molecule has 3 aromatic carbocycles. The van der Waals surface area contributed by atoms with E-state index in [1.807, 2.05) is 94.7 Å². The van der Waals surface area contributed by atoms with Gasteiger partial charge < -0.3 is 20.4 Å². The first-order valence-electron chi connectivity index (χ1n) is 11.8. The van der Waals surface area contributed by atoms with Crippen LogP contribution in [0.3, 0.4) is 0 Å². The Hall–Kier alpha value is -3.80. The lowest BCUT2D eigenvalue weighted by Crippen LogP contribution is -2.53. The number of anilines is 1. The highest BCUT2D eigenvalue weighted by molar-refractivity contribution is 7.80. The maximum Gasteiger partial charge on any atom is 0.258 e. The third kappa shape index (κ3) is 4.11. The third-order valence-corrected chi connectivity index (χ3v) is 7.56. The Morgan fingerprint density at radius 1 is 1.00 bits per heavy atom. The van der Waals surface area contributed by atoms with E-state index in [0.29, 0.717) is 41.8 Å². The van der Waals surface area contributed by atoms with Crippen LogP contribution in [0.5, 0.6) is 0 Å². The Morgan fingerprint density at radius 2 is 1.64 bits per heavy atom. The summed E-state index contributed by atoms with van der Waals surface area (Å²) < 4.78 is 0. The highest BCUT2D eigenvalue weighted by atomic mass is 32.1. The number of nitriles is 1. The standard InChI is InChI=1S/C28H25N5OS2/c29-17-24-28(22-13-7-8-14-23(22)31-26(28)34)33(19-21-11-5-2-6-12-21)27(36)32(24)16-15-25(35)30-18-20-9-3-1-4-10-20/h1-14,24H,15-16,18-19H2,(H,30,35)(H,31,34). The number of fused-ring (bicyclic) bond motifs is 2. The van der Waals surface area contributed by atoms with Crippen molar-refractivity contribution in [2.24, 2.45) is 0 Å². The second-order valence-corrected chi connectivity index (χ2v) is 9.72. The van der Waals surface area contributed by atoms with Crippen molar-refractivity contribution in [3.05, 3.63) is 102 Å². The van der Waals surface area contributed by atoms with E-state index < -0.39 is 11.6 Å². The van der Waals surface area contributed by atoms with Crippen molar-refractivity contribution in [2.75, 3.05) is 11.9 Å². The zero-order chi connectivity index (χ0) is 25.1. The average molecular weight is 512 g/mol. The second-order valence-electron chi connectivity index (χ2n) is 8.86. The van der Waals surface area contributed by atoms with E-state index >= 15 is 0 Å². The molecule has 3 aromatic rings. The molecule has 36 heavy (non-hydrogen) atoms. The Morgan fingerprint density at radius 3 is 2.33 bits per heavy atom. The molecule has 6 nitrogen and oxygen atoms in total. The molecule has 0 aromatic heterocycles. The van der Waals surface area contributed by atoms with Gasteiger partial charge in [0.15, 0.2) is 16.7 Å². The molecule has 0 radical (unpaired) electrons. The summed E-state index contributed by atoms with van der Waals surface area (Å²) in [5, 5.41) is 17.2. The molecule has 2 atom stereocenters. The molecular formula is C28H25N5OS2. The molecule has 0 bridgehead atoms. The minimum absolute atomic E-state index is 0.235. The summed E-state index contributed by atoms with van der Waals surface area (Å²) >= 11 is 11.5. The van der Waals surface area contributed by atoms with Gasteiger partial charge in [0.05, 0.1) is 11.1 Å². The Balaban J connectivity index is 1.43. The first kappa shape index (κ1) is 23.9. The first-order valence-corrected chi connectivity index (χ1v) is 12.6. The van der Waals surface area contributed by atoms with Gasteiger partial charge in [0.2, 0.25) is 0 Å². The Kier molecular flexibility index (Phi) is 6.68. The molecule has 2 unspecified atom stereocenters. The number of amides is 1. The monoisotopic (exact) mass is 511 g/mol. The highest BCUT2D eigenvalue weighted by Crippen LogP contribution is 2.49. The van der Waals surface area contributed by atoms with Crippen molar-refractivity contribution in [3.63, 3.8) is 0 Å². The quantitative estimate of drug-likeness (QED) is 0.458. The van der Waals surface area contributed by atoms with E-state index in [2.05, 4.69) is 16.7 Å². The van der Waals surface area contributed by atoms with Crippen LogP contribution < -0.4 is 10.6 Å². The zero-order valence-electron chi connectivity index (χ0n) is 19.6. The minimum Gasteiger partial charge on any atom is -0.376 e. The molecular weight excluding hydrogens is 486 g/mol. The average Bonchev–Trinajstić information content (AvgIpc) is 3.33. The van der Waals surface area contributed by atoms with E-state index in [0.717, 1.165) is 16.7 Å². The van der Waals surface area contributed by atoms with E-state index in [1.165, 1.54) is 0 Å². The summed E-state index contributed by atoms with van der Waals surface area (Å²) in [5.74, 6) is -0.235. The lowest BCUT2D eigenvalue weighted by molar-refractivity contribution is -0.125. The van der Waals surface area contributed by atoms with Crippen LogP contribution in [0.15, 0.2) is 84.9 Å². The molecule has 2 N–H and O–H groups in total. The molecule has 1 fully saturated rings. The van der Waals surface area contributed by atoms with Crippen LogP contribution >= 0.6 is 24.4 Å². The number of rotatable bonds is 7. The maximum absolute atomic E-state index is 13.7. The predicted molar refractivity (Wildman–Crippen MR) is 148 cm³/mol. The van der Waals surface area contributed by atoms with Gasteiger partial charge in [-0.2, -0.15) is 5.26 Å². The fraction of sp³-hybridized carbons (Fsp3) is 0.214. The molecule has 2 aliphatic rings. The fourth-order valence-corrected chi connectivity index (χ4v) is 5.62. The summed E-state index contributed by atoms with van der Waals surface area (Å²) in [6.45, 7) is 1.47. The van der Waals surface area contributed by atoms with Crippen molar-refractivity contribution < 1.29 is 4.79 Å². The number of nitrogens with one attached hydrogen (secondary N) is 2. The van der Waals surface area contributed by atoms with Crippen molar-refractivity contribution in [2.45, 2.75) is 31.1 Å². The van der Waals surface area contributed by atoms with Gasteiger partial charge in [0, 0.05) is 37.3 Å². The van der Waals surface area contributed by atoms with Gasteiger partial charge in [-0.3, -0.25) is 4.79 Å². The lowest BCUT2D eigenvalue weighted by atomic mass is 9.83. The summed E-state index contributed by atoms with van der Waals surface area (Å²) in [7, 11) is 0. The molecule has 180 valence electrons. The molecule has 1 amide bonds. The van der Waals surface area contributed by atoms with Gasteiger partial charge in [-0.05, 0) is 29.4 Å². The van der Waals surface area contributed by atoms with Crippen LogP contribution in [-0.2, 0) is 23.4 Å². The molecule has 0 aliphatic carbocycles. The highest BCUT2D eigenvalue weighted by Gasteiger charge is 2.64. The number of thiocarbonyl (C=S) groups is 2. The van der Waals surface area contributed by atoms with Crippen molar-refractivity contribution >= 4 is 46.1 Å². The van der Waals surface area contributed by atoms with Crippen LogP contribution in [0, 0.1) is 11.3 Å². The van der Waals surface area contributed by atoms with Crippen molar-refractivity contribution in [1.82, 2.24) is 15.1 Å². The summed E-state index contributed by atoms with van der Waals surface area (Å²) in [6, 6.07) is 29.1. The second kappa shape index (κ2) is 10.1. The van der Waals surface area contributed by atoms with E-state index in [1.54, 1.807) is 0 Å². The molecule has 8 heteroatoms. The first-order chi connectivity index (χ1) is 17.6. The maximum atomic E-state index is 13.7. The Labute approximate surface area is 221 Å². The van der Waals surface area contributed by atoms with Gasteiger partial charge in [-0.15, -0.1) is 0 Å². The van der Waals surface area contributed by atoms with Gasteiger partial charge in [0.1, 0.15) is 0 Å². The predicted octanol–water partition coefficient (Wildman–Crippen LogP) is 4.34. The summed E-state index contributed by atoms with van der Waals surface area (Å²) in [4.78, 5) is 18.1. The zero-order valence-corrected chi connectivity index (χ0v) is 21.2. The number of carbonyl (C=O) groups is 1. The van der Waals surface area contributed by atoms with Crippen molar-refractivity contribution in [3.8, 4) is 6.07 Å². The van der Waals surface area contributed by atoms with Gasteiger partial charge in [0.25, 0.3) is 5.91 Å².